The normalized spacial score (nSPS) is 13.1. The van der Waals surface area contributed by atoms with Crippen LogP contribution in [-0.2, 0) is 9.59 Å². The van der Waals surface area contributed by atoms with Crippen molar-refractivity contribution < 1.29 is 9.59 Å². The molecule has 1 unspecified atom stereocenters. The van der Waals surface area contributed by atoms with E-state index in [1.165, 1.54) is 0 Å². The number of nitrogens with two attached hydrogens (primary N) is 1. The van der Waals surface area contributed by atoms with E-state index in [1.807, 2.05) is 13.8 Å². The average Bonchev–Trinajstić information content (AvgIpc) is 2.02. The fraction of sp³-hybridized carbons (Fsp3) is 0.778. The zero-order valence-corrected chi connectivity index (χ0v) is 7.96. The van der Waals surface area contributed by atoms with Gasteiger partial charge < -0.3 is 5.73 Å². The summed E-state index contributed by atoms with van der Waals surface area (Å²) in [5.41, 5.74) is 5.50. The Bertz CT molecular complexity index is 175. The molecule has 0 radical (unpaired) electrons. The van der Waals surface area contributed by atoms with Crippen molar-refractivity contribution >= 4 is 11.6 Å². The quantitative estimate of drug-likeness (QED) is 0.668. The third-order valence-corrected chi connectivity index (χ3v) is 1.83. The Balaban J connectivity index is 3.92. The third-order valence-electron chi connectivity index (χ3n) is 1.83. The van der Waals surface area contributed by atoms with E-state index in [-0.39, 0.29) is 23.9 Å². The summed E-state index contributed by atoms with van der Waals surface area (Å²) < 4.78 is 0. The van der Waals surface area contributed by atoms with E-state index in [2.05, 4.69) is 0 Å². The molecule has 0 spiro atoms. The molecule has 0 aromatic carbocycles. The Morgan fingerprint density at radius 1 is 1.25 bits per heavy atom. The molecular weight excluding hydrogens is 154 g/mol. The molecule has 0 amide bonds. The average molecular weight is 171 g/mol. The third kappa shape index (κ3) is 3.62. The molecule has 0 aliphatic heterocycles. The summed E-state index contributed by atoms with van der Waals surface area (Å²) in [6, 6.07) is -0.593. The van der Waals surface area contributed by atoms with Crippen LogP contribution >= 0.6 is 0 Å². The molecule has 2 N–H and O–H groups in total. The highest BCUT2D eigenvalue weighted by molar-refractivity contribution is 5.90. The molecule has 0 heterocycles. The molecule has 0 aromatic rings. The van der Waals surface area contributed by atoms with Crippen LogP contribution in [0.4, 0.5) is 0 Å². The van der Waals surface area contributed by atoms with Gasteiger partial charge in [0.05, 0.1) is 6.04 Å². The molecule has 0 saturated heterocycles. The Morgan fingerprint density at radius 2 is 1.75 bits per heavy atom. The standard InChI is InChI=1S/C9H17NO2/c1-4-8(11)7(10)5-9(12)6(2)3/h6-7H,4-5,10H2,1-3H3. The predicted octanol–water partition coefficient (Wildman–Crippen LogP) is 0.908. The van der Waals surface area contributed by atoms with Crippen LogP contribution in [0, 0.1) is 5.92 Å². The van der Waals surface area contributed by atoms with Crippen molar-refractivity contribution in [1.82, 2.24) is 0 Å². The second-order valence-corrected chi connectivity index (χ2v) is 3.25. The van der Waals surface area contributed by atoms with Crippen molar-refractivity contribution in [2.24, 2.45) is 11.7 Å². The van der Waals surface area contributed by atoms with E-state index in [1.54, 1.807) is 6.92 Å². The fourth-order valence-electron chi connectivity index (χ4n) is 0.828. The van der Waals surface area contributed by atoms with Gasteiger partial charge in [-0.1, -0.05) is 20.8 Å². The summed E-state index contributed by atoms with van der Waals surface area (Å²) in [4.78, 5) is 22.1. The molecule has 1 atom stereocenters. The predicted molar refractivity (Wildman–Crippen MR) is 47.7 cm³/mol. The smallest absolute Gasteiger partial charge is 0.149 e. The minimum absolute atomic E-state index is 0.0271. The van der Waals surface area contributed by atoms with Gasteiger partial charge in [-0.3, -0.25) is 9.59 Å². The molecule has 0 aliphatic carbocycles. The molecule has 0 fully saturated rings. The summed E-state index contributed by atoms with van der Waals surface area (Å²) in [5, 5.41) is 0. The van der Waals surface area contributed by atoms with Crippen LogP contribution in [0.2, 0.25) is 0 Å². The number of Topliss-reactive ketones (excluding diaryl/α,β-unsaturated/α-hetero) is 2. The Kier molecular flexibility index (Phi) is 4.74. The van der Waals surface area contributed by atoms with Crippen LogP contribution in [0.5, 0.6) is 0 Å². The highest BCUT2D eigenvalue weighted by Gasteiger charge is 2.17. The second-order valence-electron chi connectivity index (χ2n) is 3.25. The number of carbonyl (C=O) groups is 2. The number of hydrogen-bond donors (Lipinski definition) is 1. The molecule has 0 aliphatic rings. The minimum Gasteiger partial charge on any atom is -0.321 e. The molecule has 0 aromatic heterocycles. The first-order valence-electron chi connectivity index (χ1n) is 4.30. The summed E-state index contributed by atoms with van der Waals surface area (Å²) in [7, 11) is 0. The molecular formula is C9H17NO2. The first kappa shape index (κ1) is 11.3. The number of hydrogen-bond acceptors (Lipinski definition) is 3. The summed E-state index contributed by atoms with van der Waals surface area (Å²) in [6.45, 7) is 5.37. The molecule has 3 heteroatoms. The lowest BCUT2D eigenvalue weighted by molar-refractivity contribution is -0.126. The van der Waals surface area contributed by atoms with Gasteiger partial charge in [0.15, 0.2) is 0 Å². The monoisotopic (exact) mass is 171 g/mol. The second kappa shape index (κ2) is 5.04. The van der Waals surface area contributed by atoms with Crippen molar-refractivity contribution in [2.75, 3.05) is 0 Å². The van der Waals surface area contributed by atoms with Gasteiger partial charge in [0.25, 0.3) is 0 Å². The first-order valence-corrected chi connectivity index (χ1v) is 4.30. The molecule has 12 heavy (non-hydrogen) atoms. The zero-order chi connectivity index (χ0) is 9.72. The Labute approximate surface area is 73.3 Å². The summed E-state index contributed by atoms with van der Waals surface area (Å²) in [6.07, 6.45) is 0.594. The number of ketones is 2. The van der Waals surface area contributed by atoms with Gasteiger partial charge in [0.2, 0.25) is 0 Å². The van der Waals surface area contributed by atoms with Crippen molar-refractivity contribution in [3.63, 3.8) is 0 Å². The Morgan fingerprint density at radius 3 is 2.08 bits per heavy atom. The van der Waals surface area contributed by atoms with E-state index in [4.69, 9.17) is 5.73 Å². The fourth-order valence-corrected chi connectivity index (χ4v) is 0.828. The highest BCUT2D eigenvalue weighted by Crippen LogP contribution is 2.02. The molecule has 0 bridgehead atoms. The van der Waals surface area contributed by atoms with Crippen LogP contribution in [0.1, 0.15) is 33.6 Å². The first-order chi connectivity index (χ1) is 5.49. The summed E-state index contributed by atoms with van der Waals surface area (Å²) in [5.74, 6) is -0.00555. The zero-order valence-electron chi connectivity index (χ0n) is 7.96. The van der Waals surface area contributed by atoms with Crippen molar-refractivity contribution in [1.29, 1.82) is 0 Å². The number of rotatable bonds is 5. The van der Waals surface area contributed by atoms with E-state index in [0.717, 1.165) is 0 Å². The highest BCUT2D eigenvalue weighted by atomic mass is 16.1. The molecule has 70 valence electrons. The number of carbonyl (C=O) groups excluding carboxylic acids is 2. The largest absolute Gasteiger partial charge is 0.321 e. The van der Waals surface area contributed by atoms with Gasteiger partial charge in [-0.25, -0.2) is 0 Å². The van der Waals surface area contributed by atoms with Gasteiger partial charge in [-0.05, 0) is 0 Å². The maximum Gasteiger partial charge on any atom is 0.149 e. The van der Waals surface area contributed by atoms with Crippen LogP contribution in [0.3, 0.4) is 0 Å². The van der Waals surface area contributed by atoms with E-state index < -0.39 is 6.04 Å². The lowest BCUT2D eigenvalue weighted by Gasteiger charge is -2.09. The van der Waals surface area contributed by atoms with Crippen LogP contribution in [0.15, 0.2) is 0 Å². The lowest BCUT2D eigenvalue weighted by atomic mass is 9.99. The van der Waals surface area contributed by atoms with Crippen molar-refractivity contribution in [2.45, 2.75) is 39.7 Å². The maximum absolute atomic E-state index is 11.1. The van der Waals surface area contributed by atoms with E-state index in [9.17, 15) is 9.59 Å². The summed E-state index contributed by atoms with van der Waals surface area (Å²) >= 11 is 0. The maximum atomic E-state index is 11.1. The van der Waals surface area contributed by atoms with Crippen LogP contribution in [0.25, 0.3) is 0 Å². The SMILES string of the molecule is CCC(=O)C(N)CC(=O)C(C)C. The molecule has 0 rings (SSSR count). The van der Waals surface area contributed by atoms with Gasteiger partial charge in [-0.15, -0.1) is 0 Å². The van der Waals surface area contributed by atoms with Crippen molar-refractivity contribution in [3.05, 3.63) is 0 Å². The minimum atomic E-state index is -0.593. The van der Waals surface area contributed by atoms with Crippen molar-refractivity contribution in [3.8, 4) is 0 Å². The molecule has 3 nitrogen and oxygen atoms in total. The Hall–Kier alpha value is -0.700. The van der Waals surface area contributed by atoms with Gasteiger partial charge in [-0.2, -0.15) is 0 Å². The lowest BCUT2D eigenvalue weighted by Crippen LogP contribution is -2.33. The van der Waals surface area contributed by atoms with Gasteiger partial charge in [0.1, 0.15) is 11.6 Å². The molecule has 0 saturated carbocycles. The topological polar surface area (TPSA) is 60.2 Å². The van der Waals surface area contributed by atoms with Gasteiger partial charge in [0, 0.05) is 18.8 Å². The van der Waals surface area contributed by atoms with Gasteiger partial charge >= 0.3 is 0 Å². The van der Waals surface area contributed by atoms with Crippen LogP contribution < -0.4 is 5.73 Å². The van der Waals surface area contributed by atoms with E-state index in [0.29, 0.717) is 6.42 Å². The van der Waals surface area contributed by atoms with E-state index >= 15 is 0 Å². The van der Waals surface area contributed by atoms with Crippen LogP contribution in [-0.4, -0.2) is 17.6 Å².